The Bertz CT molecular complexity index is 1230. The van der Waals surface area contributed by atoms with Gasteiger partial charge in [0.05, 0.1) is 29.0 Å². The maximum atomic E-state index is 12.9. The van der Waals surface area contributed by atoms with E-state index in [4.69, 9.17) is 9.72 Å². The molecule has 0 saturated carbocycles. The Kier molecular flexibility index (Phi) is 6.84. The van der Waals surface area contributed by atoms with Crippen LogP contribution >= 0.6 is 0 Å². The SMILES string of the molecule is CC(=O)OCc1c(O)cc2n(c1=O)Cc1cc3c(CN(C)C)c(O)ccc3nc1-2.CCC. The molecule has 0 aliphatic carbocycles. The van der Waals surface area contributed by atoms with Gasteiger partial charge in [0.2, 0.25) is 0 Å². The Balaban J connectivity index is 0.000000913. The Morgan fingerprint density at radius 3 is 2.47 bits per heavy atom. The number of aromatic nitrogens is 2. The second kappa shape index (κ2) is 9.40. The molecule has 0 fully saturated rings. The highest BCUT2D eigenvalue weighted by Gasteiger charge is 2.26. The van der Waals surface area contributed by atoms with E-state index in [0.29, 0.717) is 23.4 Å². The van der Waals surface area contributed by atoms with Crippen LogP contribution in [0.1, 0.15) is 43.9 Å². The molecular weight excluding hydrogens is 410 g/mol. The summed E-state index contributed by atoms with van der Waals surface area (Å²) in [5.74, 6) is -0.558. The van der Waals surface area contributed by atoms with Crippen LogP contribution in [0.3, 0.4) is 0 Å². The number of phenols is 1. The smallest absolute Gasteiger partial charge is 0.302 e. The molecule has 0 radical (unpaired) electrons. The van der Waals surface area contributed by atoms with E-state index in [2.05, 4.69) is 13.8 Å². The van der Waals surface area contributed by atoms with E-state index in [9.17, 15) is 19.8 Å². The van der Waals surface area contributed by atoms with Crippen molar-refractivity contribution in [1.29, 1.82) is 0 Å². The van der Waals surface area contributed by atoms with Gasteiger partial charge >= 0.3 is 5.97 Å². The third-order valence-electron chi connectivity index (χ3n) is 5.01. The number of pyridine rings is 2. The van der Waals surface area contributed by atoms with Gasteiger partial charge in [-0.2, -0.15) is 0 Å². The maximum Gasteiger partial charge on any atom is 0.302 e. The van der Waals surface area contributed by atoms with Crippen LogP contribution < -0.4 is 5.56 Å². The number of phenolic OH excluding ortho intramolecular Hbond substituents is 1. The predicted octanol–water partition coefficient (Wildman–Crippen LogP) is 3.38. The summed E-state index contributed by atoms with van der Waals surface area (Å²) in [6, 6.07) is 6.76. The zero-order chi connectivity index (χ0) is 23.6. The number of carbonyl (C=O) groups is 1. The number of fused-ring (bicyclic) bond motifs is 4. The molecule has 3 aromatic rings. The zero-order valence-electron chi connectivity index (χ0n) is 19.1. The molecule has 8 heteroatoms. The number of nitrogens with zero attached hydrogens (tertiary/aromatic N) is 3. The van der Waals surface area contributed by atoms with Gasteiger partial charge in [0.1, 0.15) is 18.1 Å². The average Bonchev–Trinajstić information content (AvgIpc) is 3.06. The minimum atomic E-state index is -0.529. The summed E-state index contributed by atoms with van der Waals surface area (Å²) in [7, 11) is 3.84. The lowest BCUT2D eigenvalue weighted by Crippen LogP contribution is -2.23. The van der Waals surface area contributed by atoms with Gasteiger partial charge in [0, 0.05) is 36.0 Å². The quantitative estimate of drug-likeness (QED) is 0.470. The summed E-state index contributed by atoms with van der Waals surface area (Å²) in [6.45, 7) is 6.04. The minimum absolute atomic E-state index is 0.0345. The molecule has 1 aliphatic rings. The van der Waals surface area contributed by atoms with Crippen molar-refractivity contribution in [3.63, 3.8) is 0 Å². The van der Waals surface area contributed by atoms with E-state index in [-0.39, 0.29) is 30.2 Å². The van der Waals surface area contributed by atoms with E-state index in [0.717, 1.165) is 16.5 Å². The van der Waals surface area contributed by atoms with Crippen LogP contribution in [0.15, 0.2) is 29.1 Å². The maximum absolute atomic E-state index is 12.9. The lowest BCUT2D eigenvalue weighted by molar-refractivity contribution is -0.142. The molecule has 0 unspecified atom stereocenters. The Hall–Kier alpha value is -3.39. The van der Waals surface area contributed by atoms with E-state index < -0.39 is 11.5 Å². The van der Waals surface area contributed by atoms with E-state index in [1.807, 2.05) is 25.1 Å². The summed E-state index contributed by atoms with van der Waals surface area (Å²) >= 11 is 0. The van der Waals surface area contributed by atoms with Crippen molar-refractivity contribution < 1.29 is 19.7 Å². The summed E-state index contributed by atoms with van der Waals surface area (Å²) in [4.78, 5) is 30.6. The number of carbonyl (C=O) groups excluding carboxylic acids is 1. The van der Waals surface area contributed by atoms with Crippen LogP contribution in [0, 0.1) is 0 Å². The molecule has 0 saturated heterocycles. The van der Waals surface area contributed by atoms with Crippen molar-refractivity contribution in [2.24, 2.45) is 0 Å². The van der Waals surface area contributed by atoms with Crippen molar-refractivity contribution >= 4 is 16.9 Å². The molecule has 8 nitrogen and oxygen atoms in total. The molecule has 4 rings (SSSR count). The first-order chi connectivity index (χ1) is 15.2. The summed E-state index contributed by atoms with van der Waals surface area (Å²) < 4.78 is 6.41. The molecule has 2 N–H and O–H groups in total. The lowest BCUT2D eigenvalue weighted by atomic mass is 10.0. The molecule has 1 aromatic carbocycles. The van der Waals surface area contributed by atoms with Gasteiger partial charge in [-0.3, -0.25) is 9.59 Å². The first-order valence-electron chi connectivity index (χ1n) is 10.6. The Morgan fingerprint density at radius 1 is 1.16 bits per heavy atom. The Morgan fingerprint density at radius 2 is 1.84 bits per heavy atom. The highest BCUT2D eigenvalue weighted by Crippen LogP contribution is 2.36. The highest BCUT2D eigenvalue weighted by atomic mass is 16.5. The predicted molar refractivity (Wildman–Crippen MR) is 123 cm³/mol. The van der Waals surface area contributed by atoms with Crippen LogP contribution in [0.25, 0.3) is 22.3 Å². The number of hydrogen-bond acceptors (Lipinski definition) is 7. The van der Waals surface area contributed by atoms with Crippen molar-refractivity contribution in [3.8, 4) is 22.9 Å². The molecule has 0 atom stereocenters. The van der Waals surface area contributed by atoms with Gasteiger partial charge in [-0.25, -0.2) is 4.98 Å². The number of aromatic hydroxyl groups is 2. The van der Waals surface area contributed by atoms with Gasteiger partial charge in [0.25, 0.3) is 5.56 Å². The molecule has 1 aliphatic heterocycles. The molecule has 3 heterocycles. The summed E-state index contributed by atoms with van der Waals surface area (Å²) in [5.41, 5.74) is 3.03. The molecule has 170 valence electrons. The third kappa shape index (κ3) is 4.45. The van der Waals surface area contributed by atoms with Crippen molar-refractivity contribution in [1.82, 2.24) is 14.5 Å². The van der Waals surface area contributed by atoms with Crippen molar-refractivity contribution in [3.05, 3.63) is 51.3 Å². The van der Waals surface area contributed by atoms with Crippen LogP contribution in [-0.4, -0.2) is 44.7 Å². The van der Waals surface area contributed by atoms with Gasteiger partial charge in [-0.05, 0) is 32.3 Å². The van der Waals surface area contributed by atoms with Crippen LogP contribution in [0.2, 0.25) is 0 Å². The fraction of sp³-hybridized carbons (Fsp3) is 0.375. The second-order valence-corrected chi connectivity index (χ2v) is 8.14. The van der Waals surface area contributed by atoms with Gasteiger partial charge in [0.15, 0.2) is 0 Å². The summed E-state index contributed by atoms with van der Waals surface area (Å²) in [6.07, 6.45) is 1.25. The first-order valence-corrected chi connectivity index (χ1v) is 10.6. The fourth-order valence-electron chi connectivity index (χ4n) is 3.67. The van der Waals surface area contributed by atoms with Crippen LogP contribution in [0.4, 0.5) is 0 Å². The molecule has 0 spiro atoms. The minimum Gasteiger partial charge on any atom is -0.508 e. The molecule has 0 bridgehead atoms. The number of esters is 1. The van der Waals surface area contributed by atoms with E-state index in [1.54, 1.807) is 12.1 Å². The van der Waals surface area contributed by atoms with Gasteiger partial charge in [-0.15, -0.1) is 0 Å². The van der Waals surface area contributed by atoms with Crippen LogP contribution in [-0.2, 0) is 29.2 Å². The number of benzene rings is 1. The molecule has 0 amide bonds. The molecule has 32 heavy (non-hydrogen) atoms. The summed E-state index contributed by atoms with van der Waals surface area (Å²) in [5, 5.41) is 21.5. The molecule has 2 aromatic heterocycles. The van der Waals surface area contributed by atoms with Crippen molar-refractivity contribution in [2.45, 2.75) is 46.9 Å². The molecular formula is C24H29N3O5. The monoisotopic (exact) mass is 439 g/mol. The average molecular weight is 440 g/mol. The first kappa shape index (κ1) is 23.3. The third-order valence-corrected chi connectivity index (χ3v) is 5.01. The largest absolute Gasteiger partial charge is 0.508 e. The van der Waals surface area contributed by atoms with Gasteiger partial charge in [-0.1, -0.05) is 20.3 Å². The zero-order valence-corrected chi connectivity index (χ0v) is 19.1. The standard InChI is InChI=1S/C21H21N3O5.C3H8/c1-11(25)29-10-15-19(27)7-17-20-12(8-24(17)21(15)28)6-13-14(9-23(2)3)18(26)5-4-16(13)22-20;1-3-2/h4-7,26-27H,8-10H2,1-3H3;3H2,1-2H3. The van der Waals surface area contributed by atoms with Gasteiger partial charge < -0.3 is 24.4 Å². The fourth-order valence-corrected chi connectivity index (χ4v) is 3.67. The lowest BCUT2D eigenvalue weighted by Gasteiger charge is -2.14. The van der Waals surface area contributed by atoms with E-state index >= 15 is 0 Å². The van der Waals surface area contributed by atoms with E-state index in [1.165, 1.54) is 24.0 Å². The number of hydrogen-bond donors (Lipinski definition) is 2. The van der Waals surface area contributed by atoms with Crippen LogP contribution in [0.5, 0.6) is 11.5 Å². The Labute approximate surface area is 186 Å². The number of ether oxygens (including phenoxy) is 1. The number of rotatable bonds is 4. The topological polar surface area (TPSA) is 105 Å². The second-order valence-electron chi connectivity index (χ2n) is 8.14. The van der Waals surface area contributed by atoms with Crippen molar-refractivity contribution in [2.75, 3.05) is 14.1 Å². The normalized spacial score (nSPS) is 11.7. The highest BCUT2D eigenvalue weighted by molar-refractivity contribution is 5.88.